The number of hydrogen-bond donors (Lipinski definition) is 0. The molecule has 0 unspecified atom stereocenters. The van der Waals surface area contributed by atoms with Crippen molar-refractivity contribution in [2.75, 3.05) is 19.8 Å². The fourth-order valence-electron chi connectivity index (χ4n) is 3.45. The third-order valence-corrected chi connectivity index (χ3v) is 8.31. The lowest BCUT2D eigenvalue weighted by molar-refractivity contribution is 0.0550. The highest BCUT2D eigenvalue weighted by atomic mass is 28.4. The van der Waals surface area contributed by atoms with Gasteiger partial charge in [0, 0.05) is 25.9 Å². The Balaban J connectivity index is 4.39. The SMILES string of the molecule is CCCCCCCO[Si](CCC)(OCCCCCCC)OCCCCCCC. The van der Waals surface area contributed by atoms with Crippen LogP contribution in [-0.2, 0) is 13.3 Å². The topological polar surface area (TPSA) is 27.7 Å². The van der Waals surface area contributed by atoms with Gasteiger partial charge in [0.15, 0.2) is 0 Å². The van der Waals surface area contributed by atoms with Crippen LogP contribution in [0, 0.1) is 0 Å². The largest absolute Gasteiger partial charge is 0.500 e. The Hall–Kier alpha value is 0.0969. The second kappa shape index (κ2) is 21.8. The lowest BCUT2D eigenvalue weighted by atomic mass is 10.2. The highest BCUT2D eigenvalue weighted by Crippen LogP contribution is 2.21. The van der Waals surface area contributed by atoms with E-state index in [1.807, 2.05) is 0 Å². The van der Waals surface area contributed by atoms with E-state index in [1.165, 1.54) is 77.0 Å². The Morgan fingerprint density at radius 3 is 1.00 bits per heavy atom. The molecule has 28 heavy (non-hydrogen) atoms. The van der Waals surface area contributed by atoms with Gasteiger partial charge in [0.05, 0.1) is 0 Å². The van der Waals surface area contributed by atoms with E-state index in [1.54, 1.807) is 0 Å². The highest BCUT2D eigenvalue weighted by molar-refractivity contribution is 6.60. The quantitative estimate of drug-likeness (QED) is 0.124. The van der Waals surface area contributed by atoms with Crippen LogP contribution in [0.3, 0.4) is 0 Å². The molecule has 0 rings (SSSR count). The summed E-state index contributed by atoms with van der Waals surface area (Å²) in [5, 5.41) is 0. The first-order chi connectivity index (χ1) is 13.7. The molecule has 0 fully saturated rings. The minimum atomic E-state index is -2.50. The van der Waals surface area contributed by atoms with E-state index in [0.717, 1.165) is 51.5 Å². The molecule has 0 N–H and O–H groups in total. The third-order valence-electron chi connectivity index (χ3n) is 5.27. The lowest BCUT2D eigenvalue weighted by Gasteiger charge is -2.30. The van der Waals surface area contributed by atoms with Crippen molar-refractivity contribution in [2.45, 2.75) is 136 Å². The molecule has 0 heterocycles. The summed E-state index contributed by atoms with van der Waals surface area (Å²) < 4.78 is 19.2. The van der Waals surface area contributed by atoms with Crippen LogP contribution >= 0.6 is 0 Å². The van der Waals surface area contributed by atoms with Gasteiger partial charge in [-0.1, -0.05) is 111 Å². The van der Waals surface area contributed by atoms with Gasteiger partial charge in [-0.15, -0.1) is 0 Å². The Kier molecular flexibility index (Phi) is 21.9. The molecule has 3 nitrogen and oxygen atoms in total. The molecule has 0 bridgehead atoms. The van der Waals surface area contributed by atoms with Crippen LogP contribution < -0.4 is 0 Å². The van der Waals surface area contributed by atoms with Gasteiger partial charge in [-0.2, -0.15) is 0 Å². The highest BCUT2D eigenvalue weighted by Gasteiger charge is 2.40. The second-order valence-electron chi connectivity index (χ2n) is 8.22. The first-order valence-electron chi connectivity index (χ1n) is 12.7. The zero-order valence-corrected chi connectivity index (χ0v) is 20.9. The van der Waals surface area contributed by atoms with E-state index in [9.17, 15) is 0 Å². The molecule has 4 heteroatoms. The molecule has 0 aliphatic carbocycles. The van der Waals surface area contributed by atoms with Crippen LogP contribution in [0.1, 0.15) is 130 Å². The molecule has 0 saturated heterocycles. The van der Waals surface area contributed by atoms with Crippen molar-refractivity contribution in [3.05, 3.63) is 0 Å². The van der Waals surface area contributed by atoms with Gasteiger partial charge in [-0.05, 0) is 19.3 Å². The minimum Gasteiger partial charge on any atom is -0.373 e. The Bertz CT molecular complexity index is 259. The van der Waals surface area contributed by atoms with Gasteiger partial charge < -0.3 is 13.3 Å². The summed E-state index contributed by atoms with van der Waals surface area (Å²) in [6.07, 6.45) is 20.1. The van der Waals surface area contributed by atoms with E-state index in [0.29, 0.717) is 0 Å². The fraction of sp³-hybridized carbons (Fsp3) is 1.00. The average molecular weight is 417 g/mol. The zero-order chi connectivity index (χ0) is 20.8. The van der Waals surface area contributed by atoms with Crippen LogP contribution in [0.25, 0.3) is 0 Å². The monoisotopic (exact) mass is 416 g/mol. The van der Waals surface area contributed by atoms with Gasteiger partial charge in [0.2, 0.25) is 0 Å². The lowest BCUT2D eigenvalue weighted by Crippen LogP contribution is -2.46. The first kappa shape index (κ1) is 28.1. The maximum atomic E-state index is 6.40. The van der Waals surface area contributed by atoms with Crippen molar-refractivity contribution in [1.82, 2.24) is 0 Å². The molecule has 0 aromatic heterocycles. The van der Waals surface area contributed by atoms with E-state index in [-0.39, 0.29) is 0 Å². The molecular weight excluding hydrogens is 364 g/mol. The Labute approximate surface area is 178 Å². The predicted octanol–water partition coefficient (Wildman–Crippen LogP) is 8.30. The summed E-state index contributed by atoms with van der Waals surface area (Å²) in [5.74, 6) is 0. The Morgan fingerprint density at radius 1 is 0.393 bits per heavy atom. The molecular formula is C24H52O3Si. The normalized spacial score (nSPS) is 12.0. The van der Waals surface area contributed by atoms with Gasteiger partial charge in [-0.3, -0.25) is 0 Å². The van der Waals surface area contributed by atoms with Crippen molar-refractivity contribution in [3.63, 3.8) is 0 Å². The average Bonchev–Trinajstić information content (AvgIpc) is 2.70. The summed E-state index contributed by atoms with van der Waals surface area (Å²) in [4.78, 5) is 0. The molecule has 0 aromatic carbocycles. The number of rotatable bonds is 23. The molecule has 0 atom stereocenters. The number of unbranched alkanes of at least 4 members (excludes halogenated alkanes) is 12. The molecule has 0 spiro atoms. The molecule has 0 aliphatic rings. The maximum Gasteiger partial charge on any atom is 0.500 e. The van der Waals surface area contributed by atoms with Crippen LogP contribution in [0.2, 0.25) is 6.04 Å². The molecule has 0 aliphatic heterocycles. The summed E-state index contributed by atoms with van der Waals surface area (Å²) in [5.41, 5.74) is 0. The van der Waals surface area contributed by atoms with Gasteiger partial charge in [-0.25, -0.2) is 0 Å². The van der Waals surface area contributed by atoms with Crippen molar-refractivity contribution in [3.8, 4) is 0 Å². The van der Waals surface area contributed by atoms with E-state index in [4.69, 9.17) is 13.3 Å². The smallest absolute Gasteiger partial charge is 0.373 e. The molecule has 0 saturated carbocycles. The molecule has 170 valence electrons. The fourth-order valence-corrected chi connectivity index (χ4v) is 6.11. The summed E-state index contributed by atoms with van der Waals surface area (Å²) in [6.45, 7) is 11.4. The summed E-state index contributed by atoms with van der Waals surface area (Å²) in [6, 6.07) is 0.964. The van der Waals surface area contributed by atoms with Crippen LogP contribution in [0.15, 0.2) is 0 Å². The van der Waals surface area contributed by atoms with Gasteiger partial charge >= 0.3 is 8.80 Å². The second-order valence-corrected chi connectivity index (χ2v) is 11.0. The third kappa shape index (κ3) is 17.0. The van der Waals surface area contributed by atoms with Crippen LogP contribution in [0.4, 0.5) is 0 Å². The first-order valence-corrected chi connectivity index (χ1v) is 14.6. The standard InChI is InChI=1S/C24H52O3Si/c1-5-9-12-15-18-21-25-28(24-8-4,26-22-19-16-13-10-6-2)27-23-20-17-14-11-7-3/h5-24H2,1-4H3. The molecule has 0 amide bonds. The van der Waals surface area contributed by atoms with Crippen molar-refractivity contribution in [1.29, 1.82) is 0 Å². The van der Waals surface area contributed by atoms with Crippen LogP contribution in [-0.4, -0.2) is 28.6 Å². The number of hydrogen-bond acceptors (Lipinski definition) is 3. The molecule has 0 radical (unpaired) electrons. The Morgan fingerprint density at radius 2 is 0.714 bits per heavy atom. The summed E-state index contributed by atoms with van der Waals surface area (Å²) >= 11 is 0. The maximum absolute atomic E-state index is 6.40. The van der Waals surface area contributed by atoms with Crippen LogP contribution in [0.5, 0.6) is 0 Å². The van der Waals surface area contributed by atoms with Crippen molar-refractivity contribution < 1.29 is 13.3 Å². The minimum absolute atomic E-state index is 0.807. The molecule has 0 aromatic rings. The van der Waals surface area contributed by atoms with Gasteiger partial charge in [0.25, 0.3) is 0 Å². The van der Waals surface area contributed by atoms with Crippen molar-refractivity contribution >= 4 is 8.80 Å². The van der Waals surface area contributed by atoms with E-state index >= 15 is 0 Å². The van der Waals surface area contributed by atoms with E-state index in [2.05, 4.69) is 27.7 Å². The summed E-state index contributed by atoms with van der Waals surface area (Å²) in [7, 11) is -2.50. The van der Waals surface area contributed by atoms with E-state index < -0.39 is 8.80 Å². The van der Waals surface area contributed by atoms with Gasteiger partial charge in [0.1, 0.15) is 0 Å². The van der Waals surface area contributed by atoms with Crippen molar-refractivity contribution in [2.24, 2.45) is 0 Å². The zero-order valence-electron chi connectivity index (χ0n) is 19.9. The predicted molar refractivity (Wildman–Crippen MR) is 125 cm³/mol.